The molecule has 0 amide bonds. The summed E-state index contributed by atoms with van der Waals surface area (Å²) >= 11 is 0. The lowest BCUT2D eigenvalue weighted by Gasteiger charge is -2.11. The Labute approximate surface area is 83.3 Å². The maximum absolute atomic E-state index is 10.8. The van der Waals surface area contributed by atoms with E-state index < -0.39 is 6.10 Å². The van der Waals surface area contributed by atoms with Crippen LogP contribution in [0.2, 0.25) is 0 Å². The minimum absolute atomic E-state index is 0.379. The number of hydrogen-bond acceptors (Lipinski definition) is 3. The van der Waals surface area contributed by atoms with Crippen molar-refractivity contribution in [2.75, 3.05) is 0 Å². The molecule has 14 heavy (non-hydrogen) atoms. The lowest BCUT2D eigenvalue weighted by Crippen LogP contribution is -2.05. The summed E-state index contributed by atoms with van der Waals surface area (Å²) in [5.41, 5.74) is 1.66. The first kappa shape index (κ1) is 10.7. The van der Waals surface area contributed by atoms with Crippen LogP contribution in [0.5, 0.6) is 5.75 Å². The number of hydrogen-bond donors (Lipinski definition) is 1. The van der Waals surface area contributed by atoms with Gasteiger partial charge in [0.2, 0.25) is 0 Å². The number of rotatable bonds is 2. The van der Waals surface area contributed by atoms with Crippen LogP contribution < -0.4 is 4.74 Å². The van der Waals surface area contributed by atoms with E-state index in [1.54, 1.807) is 13.0 Å². The molecule has 1 rings (SSSR count). The number of aliphatic hydroxyl groups excluding tert-OH is 1. The normalized spacial score (nSPS) is 12.3. The molecule has 0 spiro atoms. The Morgan fingerprint density at radius 1 is 1.50 bits per heavy atom. The fraction of sp³-hybridized carbons (Fsp3) is 0.364. The first-order valence-electron chi connectivity index (χ1n) is 4.47. The van der Waals surface area contributed by atoms with Gasteiger partial charge in [0, 0.05) is 12.5 Å². The Bertz CT molecular complexity index is 342. The van der Waals surface area contributed by atoms with Crippen molar-refractivity contribution in [1.82, 2.24) is 0 Å². The number of carbonyl (C=O) groups excluding carboxylic acids is 1. The van der Waals surface area contributed by atoms with Gasteiger partial charge in [0.25, 0.3) is 0 Å². The minimum atomic E-state index is -0.635. The number of aliphatic hydroxyl groups is 1. The predicted molar refractivity (Wildman–Crippen MR) is 53.1 cm³/mol. The van der Waals surface area contributed by atoms with Gasteiger partial charge in [0.1, 0.15) is 5.75 Å². The molecule has 1 unspecified atom stereocenters. The first-order valence-corrected chi connectivity index (χ1v) is 4.47. The lowest BCUT2D eigenvalue weighted by molar-refractivity contribution is -0.131. The van der Waals surface area contributed by atoms with Crippen molar-refractivity contribution in [3.05, 3.63) is 29.3 Å². The molecule has 76 valence electrons. The fourth-order valence-corrected chi connectivity index (χ4v) is 1.24. The van der Waals surface area contributed by atoms with Gasteiger partial charge in [-0.15, -0.1) is 0 Å². The number of aryl methyl sites for hydroxylation is 1. The highest BCUT2D eigenvalue weighted by Gasteiger charge is 2.10. The molecule has 0 saturated carbocycles. The summed E-state index contributed by atoms with van der Waals surface area (Å²) in [6, 6.07) is 5.34. The van der Waals surface area contributed by atoms with Crippen LogP contribution in [-0.4, -0.2) is 11.1 Å². The van der Waals surface area contributed by atoms with Gasteiger partial charge in [-0.2, -0.15) is 0 Å². The SMILES string of the molecule is CC(=O)Oc1ccc(C)cc1C(C)O. The predicted octanol–water partition coefficient (Wildman–Crippen LogP) is 1.97. The highest BCUT2D eigenvalue weighted by molar-refractivity contribution is 5.69. The maximum atomic E-state index is 10.8. The molecule has 1 aromatic rings. The first-order chi connectivity index (χ1) is 6.50. The van der Waals surface area contributed by atoms with Crippen molar-refractivity contribution in [2.24, 2.45) is 0 Å². The third-order valence-electron chi connectivity index (χ3n) is 1.87. The summed E-state index contributed by atoms with van der Waals surface area (Å²) < 4.78 is 4.96. The van der Waals surface area contributed by atoms with Crippen LogP contribution in [0.25, 0.3) is 0 Å². The molecular weight excluding hydrogens is 180 g/mol. The summed E-state index contributed by atoms with van der Waals surface area (Å²) in [5, 5.41) is 9.45. The zero-order valence-corrected chi connectivity index (χ0v) is 8.57. The van der Waals surface area contributed by atoms with Crippen LogP contribution in [-0.2, 0) is 4.79 Å². The highest BCUT2D eigenvalue weighted by Crippen LogP contribution is 2.26. The number of esters is 1. The molecule has 0 aliphatic carbocycles. The molecule has 3 heteroatoms. The van der Waals surface area contributed by atoms with Crippen LogP contribution in [0.15, 0.2) is 18.2 Å². The third-order valence-corrected chi connectivity index (χ3v) is 1.87. The van der Waals surface area contributed by atoms with Gasteiger partial charge in [-0.3, -0.25) is 4.79 Å². The molecule has 0 heterocycles. The molecule has 0 radical (unpaired) electrons. The number of benzene rings is 1. The van der Waals surface area contributed by atoms with Crippen molar-refractivity contribution in [3.63, 3.8) is 0 Å². The van der Waals surface area contributed by atoms with Gasteiger partial charge in [-0.05, 0) is 26.0 Å². The average molecular weight is 194 g/mol. The van der Waals surface area contributed by atoms with E-state index in [4.69, 9.17) is 4.74 Å². The van der Waals surface area contributed by atoms with E-state index in [0.29, 0.717) is 11.3 Å². The highest BCUT2D eigenvalue weighted by atomic mass is 16.5. The van der Waals surface area contributed by atoms with Crippen LogP contribution in [0.3, 0.4) is 0 Å². The quantitative estimate of drug-likeness (QED) is 0.578. The number of ether oxygens (including phenoxy) is 1. The van der Waals surface area contributed by atoms with Crippen LogP contribution in [0.1, 0.15) is 31.1 Å². The van der Waals surface area contributed by atoms with E-state index in [1.807, 2.05) is 19.1 Å². The molecule has 0 aromatic heterocycles. The fourth-order valence-electron chi connectivity index (χ4n) is 1.24. The lowest BCUT2D eigenvalue weighted by atomic mass is 10.1. The smallest absolute Gasteiger partial charge is 0.308 e. The minimum Gasteiger partial charge on any atom is -0.426 e. The zero-order chi connectivity index (χ0) is 10.7. The Kier molecular flexibility index (Phi) is 3.25. The van der Waals surface area contributed by atoms with Gasteiger partial charge >= 0.3 is 5.97 Å². The van der Waals surface area contributed by atoms with E-state index in [0.717, 1.165) is 5.56 Å². The summed E-state index contributed by atoms with van der Waals surface area (Å²) in [4.78, 5) is 10.8. The summed E-state index contributed by atoms with van der Waals surface area (Å²) in [6.45, 7) is 4.90. The van der Waals surface area contributed by atoms with Crippen molar-refractivity contribution < 1.29 is 14.6 Å². The maximum Gasteiger partial charge on any atom is 0.308 e. The van der Waals surface area contributed by atoms with Gasteiger partial charge in [-0.1, -0.05) is 11.6 Å². The topological polar surface area (TPSA) is 46.5 Å². The summed E-state index contributed by atoms with van der Waals surface area (Å²) in [7, 11) is 0. The average Bonchev–Trinajstić information content (AvgIpc) is 2.07. The number of carbonyl (C=O) groups is 1. The summed E-state index contributed by atoms with van der Waals surface area (Å²) in [6.07, 6.45) is -0.635. The molecule has 1 aromatic carbocycles. The molecule has 0 aliphatic rings. The summed E-state index contributed by atoms with van der Waals surface area (Å²) in [5.74, 6) is 0.0499. The monoisotopic (exact) mass is 194 g/mol. The van der Waals surface area contributed by atoms with Gasteiger partial charge in [0.05, 0.1) is 6.10 Å². The molecule has 1 atom stereocenters. The molecule has 3 nitrogen and oxygen atoms in total. The third kappa shape index (κ3) is 2.57. The van der Waals surface area contributed by atoms with E-state index in [9.17, 15) is 9.90 Å². The Morgan fingerprint density at radius 2 is 2.14 bits per heavy atom. The second-order valence-corrected chi connectivity index (χ2v) is 3.31. The molecule has 0 saturated heterocycles. The Balaban J connectivity index is 3.08. The molecule has 0 bridgehead atoms. The van der Waals surface area contributed by atoms with E-state index in [1.165, 1.54) is 6.92 Å². The second kappa shape index (κ2) is 4.24. The molecular formula is C11H14O3. The standard InChI is InChI=1S/C11H14O3/c1-7-4-5-11(14-9(3)13)10(6-7)8(2)12/h4-6,8,12H,1-3H3. The zero-order valence-electron chi connectivity index (χ0n) is 8.57. The second-order valence-electron chi connectivity index (χ2n) is 3.31. The van der Waals surface area contributed by atoms with Crippen molar-refractivity contribution in [1.29, 1.82) is 0 Å². The largest absolute Gasteiger partial charge is 0.426 e. The van der Waals surface area contributed by atoms with Crippen LogP contribution >= 0.6 is 0 Å². The molecule has 0 aliphatic heterocycles. The van der Waals surface area contributed by atoms with Crippen molar-refractivity contribution in [2.45, 2.75) is 26.9 Å². The Hall–Kier alpha value is -1.35. The van der Waals surface area contributed by atoms with Crippen LogP contribution in [0, 0.1) is 6.92 Å². The van der Waals surface area contributed by atoms with Gasteiger partial charge in [0.15, 0.2) is 0 Å². The van der Waals surface area contributed by atoms with Crippen LogP contribution in [0.4, 0.5) is 0 Å². The molecule has 0 fully saturated rings. The van der Waals surface area contributed by atoms with Crippen molar-refractivity contribution in [3.8, 4) is 5.75 Å². The van der Waals surface area contributed by atoms with E-state index in [2.05, 4.69) is 0 Å². The van der Waals surface area contributed by atoms with Gasteiger partial charge < -0.3 is 9.84 Å². The molecule has 1 N–H and O–H groups in total. The van der Waals surface area contributed by atoms with E-state index in [-0.39, 0.29) is 5.97 Å². The van der Waals surface area contributed by atoms with Crippen molar-refractivity contribution >= 4 is 5.97 Å². The Morgan fingerprint density at radius 3 is 2.64 bits per heavy atom. The van der Waals surface area contributed by atoms with E-state index >= 15 is 0 Å². The van der Waals surface area contributed by atoms with Gasteiger partial charge in [-0.25, -0.2) is 0 Å².